The van der Waals surface area contributed by atoms with Gasteiger partial charge in [-0.25, -0.2) is 0 Å². The fraction of sp³-hybridized carbons (Fsp3) is 0.467. The Balaban J connectivity index is 1.67. The number of para-hydroxylation sites is 1. The van der Waals surface area contributed by atoms with Gasteiger partial charge < -0.3 is 9.80 Å². The Morgan fingerprint density at radius 1 is 1.40 bits per heavy atom. The predicted octanol–water partition coefficient (Wildman–Crippen LogP) is 2.52. The molecule has 3 rings (SSSR count). The van der Waals surface area contributed by atoms with Crippen LogP contribution in [0.4, 0.5) is 10.5 Å². The fourth-order valence-corrected chi connectivity index (χ4v) is 3.78. The summed E-state index contributed by atoms with van der Waals surface area (Å²) in [6.07, 6.45) is 1.32. The summed E-state index contributed by atoms with van der Waals surface area (Å²) in [6, 6.07) is 8.29. The van der Waals surface area contributed by atoms with Crippen molar-refractivity contribution in [3.8, 4) is 0 Å². The lowest BCUT2D eigenvalue weighted by Crippen LogP contribution is -2.38. The standard InChI is InChI=1S/C15H18N2O2S/c1-11-10-12-4-2-3-5-13(12)17(11)14(18)6-7-16-8-9-20-15(16)19/h2-5,11H,6-10H2,1H3. The van der Waals surface area contributed by atoms with Gasteiger partial charge >= 0.3 is 0 Å². The van der Waals surface area contributed by atoms with Crippen LogP contribution in [0.25, 0.3) is 0 Å². The smallest absolute Gasteiger partial charge is 0.281 e. The number of anilines is 1. The lowest BCUT2D eigenvalue weighted by Gasteiger charge is -2.24. The number of carbonyl (C=O) groups is 2. The summed E-state index contributed by atoms with van der Waals surface area (Å²) in [7, 11) is 0. The number of carbonyl (C=O) groups excluding carboxylic acids is 2. The molecule has 2 amide bonds. The zero-order valence-corrected chi connectivity index (χ0v) is 12.4. The van der Waals surface area contributed by atoms with Crippen LogP contribution in [0.2, 0.25) is 0 Å². The quantitative estimate of drug-likeness (QED) is 0.859. The molecule has 106 valence electrons. The van der Waals surface area contributed by atoms with Crippen LogP contribution in [-0.4, -0.2) is 40.9 Å². The summed E-state index contributed by atoms with van der Waals surface area (Å²) in [5, 5.41) is 0.104. The van der Waals surface area contributed by atoms with E-state index < -0.39 is 0 Å². The van der Waals surface area contributed by atoms with Gasteiger partial charge in [0, 0.05) is 37.0 Å². The summed E-state index contributed by atoms with van der Waals surface area (Å²) in [4.78, 5) is 27.7. The minimum Gasteiger partial charge on any atom is -0.332 e. The van der Waals surface area contributed by atoms with E-state index >= 15 is 0 Å². The monoisotopic (exact) mass is 290 g/mol. The topological polar surface area (TPSA) is 40.6 Å². The first-order valence-corrected chi connectivity index (χ1v) is 7.97. The molecule has 2 aliphatic rings. The van der Waals surface area contributed by atoms with E-state index in [0.29, 0.717) is 13.0 Å². The highest BCUT2D eigenvalue weighted by molar-refractivity contribution is 8.13. The molecule has 0 aromatic heterocycles. The van der Waals surface area contributed by atoms with Gasteiger partial charge in [-0.3, -0.25) is 9.59 Å². The van der Waals surface area contributed by atoms with Crippen LogP contribution < -0.4 is 4.90 Å². The first-order chi connectivity index (χ1) is 9.66. The van der Waals surface area contributed by atoms with Crippen molar-refractivity contribution in [2.24, 2.45) is 0 Å². The first kappa shape index (κ1) is 13.5. The van der Waals surface area contributed by atoms with Crippen LogP contribution in [0, 0.1) is 0 Å². The third-order valence-corrected chi connectivity index (χ3v) is 4.81. The molecule has 0 bridgehead atoms. The Labute approximate surface area is 123 Å². The van der Waals surface area contributed by atoms with Gasteiger partial charge in [-0.05, 0) is 25.0 Å². The maximum atomic E-state index is 12.5. The number of thioether (sulfide) groups is 1. The van der Waals surface area contributed by atoms with E-state index in [1.54, 1.807) is 4.90 Å². The van der Waals surface area contributed by atoms with E-state index in [1.165, 1.54) is 17.3 Å². The summed E-state index contributed by atoms with van der Waals surface area (Å²) >= 11 is 1.34. The zero-order valence-electron chi connectivity index (χ0n) is 11.5. The average molecular weight is 290 g/mol. The molecule has 0 aliphatic carbocycles. The third-order valence-electron chi connectivity index (χ3n) is 3.92. The van der Waals surface area contributed by atoms with Crippen molar-refractivity contribution < 1.29 is 9.59 Å². The van der Waals surface area contributed by atoms with Gasteiger partial charge in [0.05, 0.1) is 0 Å². The molecule has 1 saturated heterocycles. The first-order valence-electron chi connectivity index (χ1n) is 6.98. The summed E-state index contributed by atoms with van der Waals surface area (Å²) < 4.78 is 0. The Morgan fingerprint density at radius 3 is 2.95 bits per heavy atom. The maximum absolute atomic E-state index is 12.5. The van der Waals surface area contributed by atoms with Gasteiger partial charge in [-0.2, -0.15) is 0 Å². The maximum Gasteiger partial charge on any atom is 0.281 e. The second kappa shape index (κ2) is 5.48. The fourth-order valence-electron chi connectivity index (χ4n) is 2.93. The third kappa shape index (κ3) is 2.42. The summed E-state index contributed by atoms with van der Waals surface area (Å²) in [5.74, 6) is 0.961. The van der Waals surface area contributed by atoms with Crippen molar-refractivity contribution in [3.05, 3.63) is 29.8 Å². The van der Waals surface area contributed by atoms with Crippen molar-refractivity contribution in [3.63, 3.8) is 0 Å². The average Bonchev–Trinajstić information content (AvgIpc) is 2.98. The van der Waals surface area contributed by atoms with E-state index in [1.807, 2.05) is 23.1 Å². The van der Waals surface area contributed by atoms with E-state index in [0.717, 1.165) is 24.4 Å². The van der Waals surface area contributed by atoms with Crippen LogP contribution in [0.15, 0.2) is 24.3 Å². The molecule has 5 heteroatoms. The van der Waals surface area contributed by atoms with Crippen molar-refractivity contribution >= 4 is 28.6 Å². The highest BCUT2D eigenvalue weighted by atomic mass is 32.2. The second-order valence-electron chi connectivity index (χ2n) is 5.30. The lowest BCUT2D eigenvalue weighted by atomic mass is 10.1. The lowest BCUT2D eigenvalue weighted by molar-refractivity contribution is -0.119. The molecule has 1 aromatic carbocycles. The molecular weight excluding hydrogens is 272 g/mol. The molecule has 0 spiro atoms. The summed E-state index contributed by atoms with van der Waals surface area (Å²) in [5.41, 5.74) is 2.27. The molecule has 2 heterocycles. The number of hydrogen-bond donors (Lipinski definition) is 0. The van der Waals surface area contributed by atoms with Gasteiger partial charge in [-0.15, -0.1) is 0 Å². The molecule has 0 saturated carbocycles. The minimum atomic E-state index is 0.104. The Hall–Kier alpha value is -1.49. The Kier molecular flexibility index (Phi) is 3.70. The minimum absolute atomic E-state index is 0.104. The molecule has 4 nitrogen and oxygen atoms in total. The highest BCUT2D eigenvalue weighted by Crippen LogP contribution is 2.32. The van der Waals surface area contributed by atoms with Crippen LogP contribution in [0.1, 0.15) is 18.9 Å². The zero-order chi connectivity index (χ0) is 14.1. The number of nitrogens with zero attached hydrogens (tertiary/aromatic N) is 2. The molecule has 0 N–H and O–H groups in total. The van der Waals surface area contributed by atoms with E-state index in [9.17, 15) is 9.59 Å². The van der Waals surface area contributed by atoms with Crippen LogP contribution in [0.3, 0.4) is 0 Å². The molecule has 1 unspecified atom stereocenters. The van der Waals surface area contributed by atoms with Gasteiger partial charge in [0.15, 0.2) is 0 Å². The second-order valence-corrected chi connectivity index (χ2v) is 6.34. The van der Waals surface area contributed by atoms with Crippen LogP contribution in [0.5, 0.6) is 0 Å². The molecular formula is C15H18N2O2S. The van der Waals surface area contributed by atoms with Crippen molar-refractivity contribution in [1.29, 1.82) is 0 Å². The van der Waals surface area contributed by atoms with Gasteiger partial charge in [-0.1, -0.05) is 30.0 Å². The number of benzene rings is 1. The van der Waals surface area contributed by atoms with E-state index in [4.69, 9.17) is 0 Å². The predicted molar refractivity (Wildman–Crippen MR) is 81.1 cm³/mol. The van der Waals surface area contributed by atoms with Gasteiger partial charge in [0.25, 0.3) is 5.24 Å². The highest BCUT2D eigenvalue weighted by Gasteiger charge is 2.31. The number of amides is 2. The van der Waals surface area contributed by atoms with Crippen molar-refractivity contribution in [2.75, 3.05) is 23.7 Å². The number of rotatable bonds is 3. The van der Waals surface area contributed by atoms with E-state index in [2.05, 4.69) is 13.0 Å². The molecule has 1 atom stereocenters. The summed E-state index contributed by atoms with van der Waals surface area (Å²) in [6.45, 7) is 3.38. The Bertz CT molecular complexity index is 546. The Morgan fingerprint density at radius 2 is 2.20 bits per heavy atom. The molecule has 0 radical (unpaired) electrons. The van der Waals surface area contributed by atoms with Gasteiger partial charge in [0.2, 0.25) is 5.91 Å². The number of hydrogen-bond acceptors (Lipinski definition) is 3. The molecule has 2 aliphatic heterocycles. The van der Waals surface area contributed by atoms with Crippen molar-refractivity contribution in [2.45, 2.75) is 25.8 Å². The number of fused-ring (bicyclic) bond motifs is 1. The molecule has 1 fully saturated rings. The molecule has 20 heavy (non-hydrogen) atoms. The van der Waals surface area contributed by atoms with E-state index in [-0.39, 0.29) is 17.2 Å². The SMILES string of the molecule is CC1Cc2ccccc2N1C(=O)CCN1CCSC1=O. The van der Waals surface area contributed by atoms with Crippen LogP contribution in [-0.2, 0) is 11.2 Å². The van der Waals surface area contributed by atoms with Crippen LogP contribution >= 0.6 is 11.8 Å². The molecule has 1 aromatic rings. The van der Waals surface area contributed by atoms with Gasteiger partial charge in [0.1, 0.15) is 0 Å². The largest absolute Gasteiger partial charge is 0.332 e. The van der Waals surface area contributed by atoms with Crippen molar-refractivity contribution in [1.82, 2.24) is 4.90 Å². The normalized spacial score (nSPS) is 21.4.